The lowest BCUT2D eigenvalue weighted by atomic mass is 10.3. The largest absolute Gasteiger partial charge is 0.348 e. The number of hydrogen-bond acceptors (Lipinski definition) is 8. The first-order chi connectivity index (χ1) is 11.0. The molecule has 0 spiro atoms. The minimum Gasteiger partial charge on any atom is -0.348 e. The Bertz CT molecular complexity index is 857. The molecule has 3 aromatic rings. The molecule has 1 N–H and O–H groups in total. The number of nitrogens with one attached hydrogen (secondary N) is 1. The van der Waals surface area contributed by atoms with E-state index in [1.54, 1.807) is 27.5 Å². The maximum absolute atomic E-state index is 12.3. The molecular weight excluding hydrogens is 334 g/mol. The summed E-state index contributed by atoms with van der Waals surface area (Å²) in [4.78, 5) is 16.5. The van der Waals surface area contributed by atoms with Crippen LogP contribution in [-0.2, 0) is 0 Å². The van der Waals surface area contributed by atoms with Crippen molar-refractivity contribution in [1.82, 2.24) is 35.1 Å². The summed E-state index contributed by atoms with van der Waals surface area (Å²) in [6, 6.07) is 1.89. The van der Waals surface area contributed by atoms with E-state index in [0.717, 1.165) is 20.7 Å². The van der Waals surface area contributed by atoms with Crippen LogP contribution in [0.4, 0.5) is 0 Å². The fourth-order valence-electron chi connectivity index (χ4n) is 2.10. The van der Waals surface area contributed by atoms with Crippen molar-refractivity contribution in [2.45, 2.75) is 25.1 Å². The number of nitrogens with zero attached hydrogens (tertiary/aromatic N) is 6. The molecular formula is C13H15N7OS2. The van der Waals surface area contributed by atoms with E-state index >= 15 is 0 Å². The van der Waals surface area contributed by atoms with Gasteiger partial charge < -0.3 is 5.32 Å². The normalized spacial score (nSPS) is 11.1. The first-order valence-electron chi connectivity index (χ1n) is 6.95. The molecule has 3 rings (SSSR count). The zero-order valence-electron chi connectivity index (χ0n) is 12.9. The minimum atomic E-state index is -0.264. The van der Waals surface area contributed by atoms with Crippen LogP contribution in [0.2, 0.25) is 0 Å². The Labute approximate surface area is 140 Å². The number of thioether (sulfide) groups is 1. The van der Waals surface area contributed by atoms with Crippen molar-refractivity contribution in [2.75, 3.05) is 12.3 Å². The monoisotopic (exact) mass is 349 g/mol. The SMILES string of the molecule is Cc1cc(C)n2c(C(=O)NCCSc3nnc(C)s3)nnc2n1. The van der Waals surface area contributed by atoms with Crippen LogP contribution in [-0.4, -0.2) is 48.0 Å². The molecule has 0 saturated heterocycles. The Kier molecular flexibility index (Phi) is 4.53. The zero-order chi connectivity index (χ0) is 16.4. The minimum absolute atomic E-state index is 0.252. The van der Waals surface area contributed by atoms with Crippen LogP contribution in [0.1, 0.15) is 27.0 Å². The molecule has 10 heteroatoms. The van der Waals surface area contributed by atoms with Gasteiger partial charge in [-0.2, -0.15) is 0 Å². The van der Waals surface area contributed by atoms with Crippen molar-refractivity contribution in [3.63, 3.8) is 0 Å². The molecule has 120 valence electrons. The molecule has 23 heavy (non-hydrogen) atoms. The molecule has 0 aromatic carbocycles. The molecule has 1 amide bonds. The van der Waals surface area contributed by atoms with Crippen LogP contribution in [0.15, 0.2) is 10.4 Å². The van der Waals surface area contributed by atoms with E-state index in [4.69, 9.17) is 0 Å². The summed E-state index contributed by atoms with van der Waals surface area (Å²) in [6.07, 6.45) is 0. The fourth-order valence-corrected chi connectivity index (χ4v) is 3.84. The molecule has 8 nitrogen and oxygen atoms in total. The smallest absolute Gasteiger partial charge is 0.289 e. The summed E-state index contributed by atoms with van der Waals surface area (Å²) in [5.41, 5.74) is 1.72. The molecule has 0 atom stereocenters. The zero-order valence-corrected chi connectivity index (χ0v) is 14.5. The Morgan fingerprint density at radius 1 is 1.26 bits per heavy atom. The van der Waals surface area contributed by atoms with Gasteiger partial charge in [0.25, 0.3) is 11.7 Å². The first-order valence-corrected chi connectivity index (χ1v) is 8.75. The predicted molar refractivity (Wildman–Crippen MR) is 88.0 cm³/mol. The van der Waals surface area contributed by atoms with E-state index < -0.39 is 0 Å². The van der Waals surface area contributed by atoms with Crippen LogP contribution < -0.4 is 5.32 Å². The number of amides is 1. The number of hydrogen-bond donors (Lipinski definition) is 1. The lowest BCUT2D eigenvalue weighted by Crippen LogP contribution is -2.28. The molecule has 0 bridgehead atoms. The molecule has 0 fully saturated rings. The van der Waals surface area contributed by atoms with Gasteiger partial charge in [0.2, 0.25) is 5.82 Å². The third kappa shape index (κ3) is 3.48. The lowest BCUT2D eigenvalue weighted by molar-refractivity contribution is 0.0944. The van der Waals surface area contributed by atoms with E-state index in [-0.39, 0.29) is 11.7 Å². The fraction of sp³-hybridized carbons (Fsp3) is 0.385. The van der Waals surface area contributed by atoms with E-state index in [9.17, 15) is 4.79 Å². The van der Waals surface area contributed by atoms with E-state index in [0.29, 0.717) is 18.1 Å². The standard InChI is InChI=1S/C13H15N7OS2/c1-7-6-8(2)20-10(17-18-12(20)15-7)11(21)14-4-5-22-13-19-16-9(3)23-13/h6H,4-5H2,1-3H3,(H,14,21). The Morgan fingerprint density at radius 3 is 2.83 bits per heavy atom. The van der Waals surface area contributed by atoms with Gasteiger partial charge in [0.1, 0.15) is 5.01 Å². The number of aromatic nitrogens is 6. The molecule has 3 aromatic heterocycles. The lowest BCUT2D eigenvalue weighted by Gasteiger charge is -2.05. The molecule has 0 radical (unpaired) electrons. The number of aryl methyl sites for hydroxylation is 3. The second kappa shape index (κ2) is 6.59. The van der Waals surface area contributed by atoms with Gasteiger partial charge in [0, 0.05) is 23.7 Å². The van der Waals surface area contributed by atoms with Gasteiger partial charge in [0.15, 0.2) is 4.34 Å². The number of carbonyl (C=O) groups excluding carboxylic acids is 1. The number of rotatable bonds is 5. The maximum Gasteiger partial charge on any atom is 0.289 e. The van der Waals surface area contributed by atoms with Crippen molar-refractivity contribution in [2.24, 2.45) is 0 Å². The second-order valence-electron chi connectivity index (χ2n) is 4.89. The van der Waals surface area contributed by atoms with Gasteiger partial charge in [0.05, 0.1) is 0 Å². The van der Waals surface area contributed by atoms with Crippen molar-refractivity contribution >= 4 is 34.8 Å². The molecule has 0 aliphatic carbocycles. The van der Waals surface area contributed by atoms with Crippen molar-refractivity contribution < 1.29 is 4.79 Å². The van der Waals surface area contributed by atoms with Crippen LogP contribution in [0.25, 0.3) is 5.78 Å². The summed E-state index contributed by atoms with van der Waals surface area (Å²) >= 11 is 3.11. The molecule has 0 unspecified atom stereocenters. The van der Waals surface area contributed by atoms with E-state index in [1.165, 1.54) is 0 Å². The second-order valence-corrected chi connectivity index (χ2v) is 7.41. The summed E-state index contributed by atoms with van der Waals surface area (Å²) in [7, 11) is 0. The highest BCUT2D eigenvalue weighted by molar-refractivity contribution is 8.01. The molecule has 0 aliphatic rings. The van der Waals surface area contributed by atoms with Gasteiger partial charge >= 0.3 is 0 Å². The quantitative estimate of drug-likeness (QED) is 0.549. The summed E-state index contributed by atoms with van der Waals surface area (Å²) < 4.78 is 2.56. The summed E-state index contributed by atoms with van der Waals surface area (Å²) in [5, 5.41) is 19.7. The molecule has 0 saturated carbocycles. The van der Waals surface area contributed by atoms with Gasteiger partial charge in [-0.25, -0.2) is 4.98 Å². The van der Waals surface area contributed by atoms with Crippen molar-refractivity contribution in [3.8, 4) is 0 Å². The Morgan fingerprint density at radius 2 is 2.09 bits per heavy atom. The maximum atomic E-state index is 12.3. The van der Waals surface area contributed by atoms with Gasteiger partial charge in [-0.15, -0.1) is 20.4 Å². The molecule has 3 heterocycles. The number of carbonyl (C=O) groups is 1. The predicted octanol–water partition coefficient (Wildman–Crippen LogP) is 1.42. The Balaban J connectivity index is 1.62. The molecule has 0 aliphatic heterocycles. The average molecular weight is 349 g/mol. The third-order valence-electron chi connectivity index (χ3n) is 3.02. The highest BCUT2D eigenvalue weighted by Gasteiger charge is 2.16. The van der Waals surface area contributed by atoms with Gasteiger partial charge in [-0.1, -0.05) is 23.1 Å². The number of fused-ring (bicyclic) bond motifs is 1. The average Bonchev–Trinajstić information content (AvgIpc) is 3.09. The van der Waals surface area contributed by atoms with Crippen LogP contribution in [0, 0.1) is 20.8 Å². The van der Waals surface area contributed by atoms with E-state index in [1.807, 2.05) is 26.8 Å². The van der Waals surface area contributed by atoms with Crippen molar-refractivity contribution in [1.29, 1.82) is 0 Å². The van der Waals surface area contributed by atoms with E-state index in [2.05, 4.69) is 30.7 Å². The van der Waals surface area contributed by atoms with Crippen molar-refractivity contribution in [3.05, 3.63) is 28.3 Å². The van der Waals surface area contributed by atoms with Gasteiger partial charge in [-0.3, -0.25) is 9.20 Å². The van der Waals surface area contributed by atoms with Crippen LogP contribution >= 0.6 is 23.1 Å². The third-order valence-corrected chi connectivity index (χ3v) is 4.99. The first kappa shape index (κ1) is 15.8. The highest BCUT2D eigenvalue weighted by atomic mass is 32.2. The summed E-state index contributed by atoms with van der Waals surface area (Å²) in [6.45, 7) is 6.21. The van der Waals surface area contributed by atoms with Crippen LogP contribution in [0.5, 0.6) is 0 Å². The highest BCUT2D eigenvalue weighted by Crippen LogP contribution is 2.20. The Hall–Kier alpha value is -2.07. The summed E-state index contributed by atoms with van der Waals surface area (Å²) in [5.74, 6) is 1.14. The van der Waals surface area contributed by atoms with Gasteiger partial charge in [-0.05, 0) is 26.8 Å². The topological polar surface area (TPSA) is 98.0 Å². The van der Waals surface area contributed by atoms with Crippen LogP contribution in [0.3, 0.4) is 0 Å².